The van der Waals surface area contributed by atoms with Crippen molar-refractivity contribution in [1.82, 2.24) is 9.80 Å². The van der Waals surface area contributed by atoms with Gasteiger partial charge in [0, 0.05) is 31.4 Å². The number of amidine groups is 1. The van der Waals surface area contributed by atoms with Crippen LogP contribution < -0.4 is 0 Å². The Morgan fingerprint density at radius 2 is 2.04 bits per heavy atom. The van der Waals surface area contributed by atoms with E-state index in [1.54, 1.807) is 4.90 Å². The second-order valence-corrected chi connectivity index (χ2v) is 6.47. The van der Waals surface area contributed by atoms with Crippen molar-refractivity contribution in [3.63, 3.8) is 0 Å². The summed E-state index contributed by atoms with van der Waals surface area (Å²) in [6.45, 7) is 6.15. The summed E-state index contributed by atoms with van der Waals surface area (Å²) in [5.74, 6) is 0.991. The summed E-state index contributed by atoms with van der Waals surface area (Å²) < 4.78 is 0. The topological polar surface area (TPSA) is 35.9 Å². The Kier molecular flexibility index (Phi) is 5.80. The molecule has 0 spiro atoms. The van der Waals surface area contributed by atoms with Crippen LogP contribution in [0.5, 0.6) is 0 Å². The fraction of sp³-hybridized carbons (Fsp3) is 0.579. The van der Waals surface area contributed by atoms with Crippen LogP contribution in [0.1, 0.15) is 52.9 Å². The Morgan fingerprint density at radius 3 is 2.57 bits per heavy atom. The Morgan fingerprint density at radius 1 is 1.39 bits per heavy atom. The molecule has 0 aromatic carbocycles. The Labute approximate surface area is 140 Å². The molecule has 0 atom stereocenters. The highest BCUT2D eigenvalue weighted by Gasteiger charge is 2.37. The number of allylic oxidation sites excluding steroid dienone is 3. The van der Waals surface area contributed by atoms with Crippen molar-refractivity contribution < 1.29 is 4.79 Å². The van der Waals surface area contributed by atoms with E-state index in [-0.39, 0.29) is 5.91 Å². The number of hydrogen-bond acceptors (Lipinski definition) is 2. The zero-order chi connectivity index (χ0) is 17.0. The Balaban J connectivity index is 2.47. The van der Waals surface area contributed by atoms with Gasteiger partial charge in [0.15, 0.2) is 0 Å². The molecule has 4 heteroatoms. The van der Waals surface area contributed by atoms with Gasteiger partial charge in [0.05, 0.1) is 0 Å². The highest BCUT2D eigenvalue weighted by molar-refractivity contribution is 6.12. The van der Waals surface area contributed by atoms with Crippen LogP contribution in [0.25, 0.3) is 0 Å². The first-order valence-corrected chi connectivity index (χ1v) is 8.64. The number of carbonyl (C=O) groups excluding carboxylic acids is 1. The molecule has 0 aromatic rings. The molecular formula is C19H29N3O. The van der Waals surface area contributed by atoms with Crippen molar-refractivity contribution in [3.05, 3.63) is 35.2 Å². The van der Waals surface area contributed by atoms with Gasteiger partial charge in [0.2, 0.25) is 0 Å². The summed E-state index contributed by atoms with van der Waals surface area (Å²) in [5.41, 5.74) is 2.82. The van der Waals surface area contributed by atoms with Crippen LogP contribution in [-0.4, -0.2) is 41.7 Å². The predicted octanol–water partition coefficient (Wildman–Crippen LogP) is 3.88. The van der Waals surface area contributed by atoms with Gasteiger partial charge < -0.3 is 9.80 Å². The molecule has 1 aliphatic heterocycles. The molecule has 1 amide bonds. The first-order chi connectivity index (χ1) is 11.0. The monoisotopic (exact) mass is 315 g/mol. The van der Waals surface area contributed by atoms with Gasteiger partial charge in [-0.3, -0.25) is 4.79 Å². The molecule has 126 valence electrons. The Hall–Kier alpha value is -1.84. The minimum absolute atomic E-state index is 0.0542. The van der Waals surface area contributed by atoms with Crippen molar-refractivity contribution >= 4 is 11.7 Å². The largest absolute Gasteiger partial charge is 0.343 e. The van der Waals surface area contributed by atoms with Gasteiger partial charge in [-0.1, -0.05) is 31.9 Å². The maximum absolute atomic E-state index is 12.6. The lowest BCUT2D eigenvalue weighted by Crippen LogP contribution is -2.40. The molecule has 0 bridgehead atoms. The SMILES string of the molecule is C/C=C1/C=C(C(=O)N(C)C)N(C2CCCC2)/C1=N/C(C)=C\CC. The number of rotatable bonds is 4. The molecule has 0 unspecified atom stereocenters. The summed E-state index contributed by atoms with van der Waals surface area (Å²) in [7, 11) is 3.62. The second-order valence-electron chi connectivity index (χ2n) is 6.47. The zero-order valence-electron chi connectivity index (χ0n) is 15.1. The molecule has 4 nitrogen and oxygen atoms in total. The van der Waals surface area contributed by atoms with Gasteiger partial charge in [0.25, 0.3) is 5.91 Å². The number of hydrogen-bond donors (Lipinski definition) is 0. The van der Waals surface area contributed by atoms with Crippen LogP contribution in [0.4, 0.5) is 0 Å². The molecule has 0 aromatic heterocycles. The van der Waals surface area contributed by atoms with Crippen molar-refractivity contribution in [2.24, 2.45) is 4.99 Å². The first-order valence-electron chi connectivity index (χ1n) is 8.64. The van der Waals surface area contributed by atoms with Gasteiger partial charge >= 0.3 is 0 Å². The number of amides is 1. The lowest BCUT2D eigenvalue weighted by atomic mass is 10.2. The van der Waals surface area contributed by atoms with E-state index in [1.807, 2.05) is 34.0 Å². The average Bonchev–Trinajstić information content (AvgIpc) is 3.13. The fourth-order valence-electron chi connectivity index (χ4n) is 3.30. The third-order valence-corrected chi connectivity index (χ3v) is 4.45. The molecule has 1 fully saturated rings. The summed E-state index contributed by atoms with van der Waals surface area (Å²) in [5, 5.41) is 0. The molecule has 23 heavy (non-hydrogen) atoms. The molecule has 0 N–H and O–H groups in total. The zero-order valence-corrected chi connectivity index (χ0v) is 15.1. The summed E-state index contributed by atoms with van der Waals surface area (Å²) in [6.07, 6.45) is 11.9. The van der Waals surface area contributed by atoms with Gasteiger partial charge in [-0.2, -0.15) is 0 Å². The Bertz CT molecular complexity index is 575. The van der Waals surface area contributed by atoms with Crippen LogP contribution in [0, 0.1) is 0 Å². The molecule has 0 saturated heterocycles. The van der Waals surface area contributed by atoms with Gasteiger partial charge in [0.1, 0.15) is 11.5 Å². The minimum atomic E-state index is 0.0542. The summed E-state index contributed by atoms with van der Waals surface area (Å²) in [6, 6.07) is 0.385. The van der Waals surface area contributed by atoms with Crippen molar-refractivity contribution in [1.29, 1.82) is 0 Å². The van der Waals surface area contributed by atoms with Crippen LogP contribution >= 0.6 is 0 Å². The summed E-state index contributed by atoms with van der Waals surface area (Å²) >= 11 is 0. The third kappa shape index (κ3) is 3.74. The van der Waals surface area contributed by atoms with Crippen molar-refractivity contribution in [2.75, 3.05) is 14.1 Å². The van der Waals surface area contributed by atoms with E-state index in [9.17, 15) is 4.79 Å². The number of nitrogens with zero attached hydrogens (tertiary/aromatic N) is 3. The molecule has 0 radical (unpaired) electrons. The standard InChI is InChI=1S/C19H29N3O/c1-6-10-14(3)20-18-15(7-2)13-17(19(23)21(4)5)22(18)16-11-8-9-12-16/h7,10,13,16H,6,8-9,11-12H2,1-5H3/b14-10-,15-7-,20-18+. The summed E-state index contributed by atoms with van der Waals surface area (Å²) in [4.78, 5) is 21.3. The molecule has 2 aliphatic rings. The van der Waals surface area contributed by atoms with Gasteiger partial charge in [-0.15, -0.1) is 0 Å². The van der Waals surface area contributed by atoms with Crippen LogP contribution in [0.3, 0.4) is 0 Å². The van der Waals surface area contributed by atoms with E-state index >= 15 is 0 Å². The number of aliphatic imine (C=N–C) groups is 1. The normalized spacial score (nSPS) is 23.1. The van der Waals surface area contributed by atoms with E-state index < -0.39 is 0 Å². The van der Waals surface area contributed by atoms with Crippen molar-refractivity contribution in [3.8, 4) is 0 Å². The van der Waals surface area contributed by atoms with Crippen LogP contribution in [-0.2, 0) is 4.79 Å². The second kappa shape index (κ2) is 7.62. The van der Waals surface area contributed by atoms with E-state index in [0.29, 0.717) is 6.04 Å². The highest BCUT2D eigenvalue weighted by atomic mass is 16.2. The molecule has 1 aliphatic carbocycles. The lowest BCUT2D eigenvalue weighted by molar-refractivity contribution is -0.126. The number of likely N-dealkylation sites (N-methyl/N-ethyl adjacent to an activating group) is 1. The van der Waals surface area contributed by atoms with Crippen LogP contribution in [0.15, 0.2) is 40.2 Å². The number of carbonyl (C=O) groups is 1. The lowest BCUT2D eigenvalue weighted by Gasteiger charge is -2.30. The van der Waals surface area contributed by atoms with E-state index in [2.05, 4.69) is 24.0 Å². The van der Waals surface area contributed by atoms with Gasteiger partial charge in [-0.05, 0) is 39.2 Å². The van der Waals surface area contributed by atoms with Gasteiger partial charge in [-0.25, -0.2) is 4.99 Å². The smallest absolute Gasteiger partial charge is 0.270 e. The maximum atomic E-state index is 12.6. The highest BCUT2D eigenvalue weighted by Crippen LogP contribution is 2.34. The molecule has 1 heterocycles. The minimum Gasteiger partial charge on any atom is -0.343 e. The van der Waals surface area contributed by atoms with E-state index in [4.69, 9.17) is 4.99 Å². The first kappa shape index (κ1) is 17.5. The maximum Gasteiger partial charge on any atom is 0.270 e. The average molecular weight is 315 g/mol. The molecular weight excluding hydrogens is 286 g/mol. The third-order valence-electron chi connectivity index (χ3n) is 4.45. The fourth-order valence-corrected chi connectivity index (χ4v) is 3.30. The molecule has 1 saturated carbocycles. The predicted molar refractivity (Wildman–Crippen MR) is 96.1 cm³/mol. The van der Waals surface area contributed by atoms with E-state index in [1.165, 1.54) is 12.8 Å². The molecule has 2 rings (SSSR count). The van der Waals surface area contributed by atoms with Crippen molar-refractivity contribution in [2.45, 2.75) is 58.9 Å². The quantitative estimate of drug-likeness (QED) is 0.789. The van der Waals surface area contributed by atoms with E-state index in [0.717, 1.165) is 42.1 Å². The van der Waals surface area contributed by atoms with Crippen LogP contribution in [0.2, 0.25) is 0 Å².